The molecule has 1 N–H and O–H groups in total. The summed E-state index contributed by atoms with van der Waals surface area (Å²) in [6.07, 6.45) is -5.96. The number of halogens is 6. The fourth-order valence-corrected chi connectivity index (χ4v) is 5.33. The average molecular weight is 601 g/mol. The van der Waals surface area contributed by atoms with Crippen molar-refractivity contribution in [2.24, 2.45) is 0 Å². The number of amides is 2. The summed E-state index contributed by atoms with van der Waals surface area (Å²) in [5.74, 6) is -0.849. The van der Waals surface area contributed by atoms with Crippen molar-refractivity contribution in [1.29, 1.82) is 0 Å². The number of nitrogens with zero attached hydrogens (tertiary/aromatic N) is 5. The van der Waals surface area contributed by atoms with E-state index in [-0.39, 0.29) is 37.6 Å². The third-order valence-corrected chi connectivity index (χ3v) is 7.49. The van der Waals surface area contributed by atoms with Gasteiger partial charge < -0.3 is 10.2 Å². The Morgan fingerprint density at radius 1 is 0.814 bits per heavy atom. The number of hydrogen-bond donors (Lipinski definition) is 1. The summed E-state index contributed by atoms with van der Waals surface area (Å²) in [5, 5.41) is 6.97. The number of rotatable bonds is 4. The summed E-state index contributed by atoms with van der Waals surface area (Å²) in [6.45, 7) is 0.995. The predicted octanol–water partition coefficient (Wildman–Crippen LogP) is 5.42. The predicted molar refractivity (Wildman–Crippen MR) is 142 cm³/mol. The van der Waals surface area contributed by atoms with Crippen molar-refractivity contribution in [3.8, 4) is 16.9 Å². The maximum atomic E-state index is 13.5. The normalized spacial score (nSPS) is 17.6. The molecule has 1 unspecified atom stereocenters. The van der Waals surface area contributed by atoms with E-state index in [9.17, 15) is 35.9 Å². The molecular weight excluding hydrogens is 578 g/mol. The zero-order valence-electron chi connectivity index (χ0n) is 22.2. The van der Waals surface area contributed by atoms with E-state index >= 15 is 0 Å². The standard InChI is InChI=1S/C29H22F6N6O2/c30-28(31,32)18-1-4-20(5-2-18)41-24(17-7-9-36-10-8-17)16-23(38-41)27(43)40-13-11-39(12-14-40)25-21-6-3-19(29(33,34)35)15-22(21)37-26(25)42/h1-10,15-16,25H,11-14H2,(H,37,42). The highest BCUT2D eigenvalue weighted by atomic mass is 19.4. The Bertz CT molecular complexity index is 1680. The second-order valence-electron chi connectivity index (χ2n) is 10.1. The Kier molecular flexibility index (Phi) is 6.95. The number of aromatic nitrogens is 3. The summed E-state index contributed by atoms with van der Waals surface area (Å²) in [6, 6.07) is 11.7. The van der Waals surface area contributed by atoms with E-state index in [1.807, 2.05) is 0 Å². The van der Waals surface area contributed by atoms with Gasteiger partial charge in [-0.05, 0) is 54.6 Å². The molecule has 0 spiro atoms. The maximum absolute atomic E-state index is 13.5. The molecule has 2 aromatic heterocycles. The number of nitrogens with one attached hydrogen (secondary N) is 1. The Hall–Kier alpha value is -4.72. The molecule has 43 heavy (non-hydrogen) atoms. The van der Waals surface area contributed by atoms with E-state index in [2.05, 4.69) is 15.4 Å². The lowest BCUT2D eigenvalue weighted by Crippen LogP contribution is -2.50. The molecule has 8 nitrogen and oxygen atoms in total. The minimum Gasteiger partial charge on any atom is -0.335 e. The van der Waals surface area contributed by atoms with Gasteiger partial charge in [0.25, 0.3) is 5.91 Å². The number of alkyl halides is 6. The van der Waals surface area contributed by atoms with Crippen LogP contribution >= 0.6 is 0 Å². The van der Waals surface area contributed by atoms with Gasteiger partial charge in [-0.1, -0.05) is 6.07 Å². The molecule has 0 aliphatic carbocycles. The van der Waals surface area contributed by atoms with E-state index in [1.54, 1.807) is 40.4 Å². The van der Waals surface area contributed by atoms with E-state index < -0.39 is 41.3 Å². The van der Waals surface area contributed by atoms with E-state index in [1.165, 1.54) is 22.9 Å². The monoisotopic (exact) mass is 600 g/mol. The van der Waals surface area contributed by atoms with Crippen molar-refractivity contribution < 1.29 is 35.9 Å². The molecule has 6 rings (SSSR count). The Morgan fingerprint density at radius 2 is 1.44 bits per heavy atom. The Labute approximate surface area is 240 Å². The summed E-state index contributed by atoms with van der Waals surface area (Å²) in [7, 11) is 0. The third kappa shape index (κ3) is 5.45. The van der Waals surface area contributed by atoms with Crippen LogP contribution in [0.25, 0.3) is 16.9 Å². The Balaban J connectivity index is 1.22. The van der Waals surface area contributed by atoms with Crippen molar-refractivity contribution in [2.75, 3.05) is 31.5 Å². The molecule has 2 aliphatic rings. The number of piperazine rings is 1. The highest BCUT2D eigenvalue weighted by molar-refractivity contribution is 6.02. The maximum Gasteiger partial charge on any atom is 0.416 e. The molecule has 2 amide bonds. The molecule has 4 aromatic rings. The molecule has 222 valence electrons. The van der Waals surface area contributed by atoms with Crippen LogP contribution in [0.15, 0.2) is 73.1 Å². The van der Waals surface area contributed by atoms with Gasteiger partial charge in [-0.2, -0.15) is 31.4 Å². The van der Waals surface area contributed by atoms with Crippen LogP contribution in [0.3, 0.4) is 0 Å². The summed E-state index contributed by atoms with van der Waals surface area (Å²) < 4.78 is 80.1. The highest BCUT2D eigenvalue weighted by Gasteiger charge is 2.40. The minimum absolute atomic E-state index is 0.0730. The highest BCUT2D eigenvalue weighted by Crippen LogP contribution is 2.40. The first kappa shape index (κ1) is 28.4. The smallest absolute Gasteiger partial charge is 0.335 e. The van der Waals surface area contributed by atoms with Gasteiger partial charge in [-0.15, -0.1) is 0 Å². The fourth-order valence-electron chi connectivity index (χ4n) is 5.33. The lowest BCUT2D eigenvalue weighted by molar-refractivity contribution is -0.138. The van der Waals surface area contributed by atoms with Crippen LogP contribution in [-0.2, 0) is 17.1 Å². The Morgan fingerprint density at radius 3 is 2.07 bits per heavy atom. The first-order valence-corrected chi connectivity index (χ1v) is 13.1. The van der Waals surface area contributed by atoms with Crippen LogP contribution in [0.5, 0.6) is 0 Å². The zero-order valence-corrected chi connectivity index (χ0v) is 22.2. The lowest BCUT2D eigenvalue weighted by atomic mass is 10.0. The average Bonchev–Trinajstić information content (AvgIpc) is 3.57. The number of anilines is 1. The van der Waals surface area contributed by atoms with Crippen LogP contribution in [0.1, 0.15) is 33.2 Å². The topological polar surface area (TPSA) is 83.4 Å². The number of fused-ring (bicyclic) bond motifs is 1. The van der Waals surface area contributed by atoms with E-state index in [0.29, 0.717) is 22.5 Å². The van der Waals surface area contributed by atoms with Gasteiger partial charge in [-0.3, -0.25) is 19.5 Å². The second-order valence-corrected chi connectivity index (χ2v) is 10.1. The molecule has 2 aromatic carbocycles. The van der Waals surface area contributed by atoms with E-state index in [0.717, 1.165) is 24.3 Å². The van der Waals surface area contributed by atoms with Gasteiger partial charge in [0.05, 0.1) is 22.5 Å². The van der Waals surface area contributed by atoms with Gasteiger partial charge in [-0.25, -0.2) is 4.68 Å². The van der Waals surface area contributed by atoms with Crippen molar-refractivity contribution in [3.63, 3.8) is 0 Å². The SMILES string of the molecule is O=C1Nc2cc(C(F)(F)F)ccc2C1N1CCN(C(=O)c2cc(-c3ccncc3)n(-c3ccc(C(F)(F)F)cc3)n2)CC1. The second kappa shape index (κ2) is 10.5. The third-order valence-electron chi connectivity index (χ3n) is 7.49. The number of pyridine rings is 1. The summed E-state index contributed by atoms with van der Waals surface area (Å²) in [4.78, 5) is 33.6. The molecule has 14 heteroatoms. The largest absolute Gasteiger partial charge is 0.416 e. The van der Waals surface area contributed by atoms with Crippen molar-refractivity contribution in [3.05, 3.63) is 95.4 Å². The zero-order chi connectivity index (χ0) is 30.5. The van der Waals surface area contributed by atoms with Gasteiger partial charge in [0, 0.05) is 55.4 Å². The first-order valence-electron chi connectivity index (χ1n) is 13.1. The molecule has 2 aliphatic heterocycles. The molecule has 1 fully saturated rings. The van der Waals surface area contributed by atoms with Crippen LogP contribution in [0.2, 0.25) is 0 Å². The first-order chi connectivity index (χ1) is 20.4. The molecule has 0 saturated carbocycles. The summed E-state index contributed by atoms with van der Waals surface area (Å²) in [5.41, 5.74) is 0.391. The van der Waals surface area contributed by atoms with Crippen molar-refractivity contribution in [1.82, 2.24) is 24.6 Å². The number of benzene rings is 2. The van der Waals surface area contributed by atoms with Gasteiger partial charge in [0.2, 0.25) is 5.91 Å². The molecular formula is C29H22F6N6O2. The van der Waals surface area contributed by atoms with Crippen molar-refractivity contribution in [2.45, 2.75) is 18.4 Å². The number of carbonyl (C=O) groups is 2. The van der Waals surface area contributed by atoms with Crippen LogP contribution in [0.4, 0.5) is 32.0 Å². The quantitative estimate of drug-likeness (QED) is 0.317. The fraction of sp³-hybridized carbons (Fsp3) is 0.241. The van der Waals surface area contributed by atoms with Gasteiger partial charge in [0.15, 0.2) is 5.69 Å². The molecule has 4 heterocycles. The van der Waals surface area contributed by atoms with Crippen molar-refractivity contribution >= 4 is 17.5 Å². The molecule has 1 saturated heterocycles. The molecule has 1 atom stereocenters. The minimum atomic E-state index is -4.54. The van der Waals surface area contributed by atoms with Crippen LogP contribution in [-0.4, -0.2) is 62.6 Å². The van der Waals surface area contributed by atoms with Crippen LogP contribution < -0.4 is 5.32 Å². The molecule has 0 radical (unpaired) electrons. The summed E-state index contributed by atoms with van der Waals surface area (Å²) >= 11 is 0. The number of carbonyl (C=O) groups excluding carboxylic acids is 2. The molecule has 0 bridgehead atoms. The number of hydrogen-bond acceptors (Lipinski definition) is 5. The van der Waals surface area contributed by atoms with Gasteiger partial charge >= 0.3 is 12.4 Å². The lowest BCUT2D eigenvalue weighted by Gasteiger charge is -2.37. The van der Waals surface area contributed by atoms with Crippen LogP contribution in [0, 0.1) is 0 Å². The van der Waals surface area contributed by atoms with E-state index in [4.69, 9.17) is 0 Å². The van der Waals surface area contributed by atoms with Gasteiger partial charge in [0.1, 0.15) is 6.04 Å².